The third kappa shape index (κ3) is 1.19. The molecule has 2 saturated heterocycles. The van der Waals surface area contributed by atoms with Crippen LogP contribution < -0.4 is 0 Å². The van der Waals surface area contributed by atoms with E-state index in [9.17, 15) is 9.59 Å². The monoisotopic (exact) mass is 261 g/mol. The number of nitrogens with zero attached hydrogens (tertiary/aromatic N) is 1. The van der Waals surface area contributed by atoms with Crippen LogP contribution in [-0.4, -0.2) is 35.1 Å². The van der Waals surface area contributed by atoms with Crippen LogP contribution in [0.5, 0.6) is 0 Å². The van der Waals surface area contributed by atoms with Gasteiger partial charge >= 0.3 is 0 Å². The van der Waals surface area contributed by atoms with Crippen molar-refractivity contribution in [3.63, 3.8) is 0 Å². The maximum absolute atomic E-state index is 12.9. The van der Waals surface area contributed by atoms with Crippen molar-refractivity contribution in [2.45, 2.75) is 57.4 Å². The molecule has 2 spiro atoms. The molecular formula is C16H23NO2. The molecule has 2 saturated carbocycles. The van der Waals surface area contributed by atoms with Gasteiger partial charge in [0.1, 0.15) is 5.78 Å². The van der Waals surface area contributed by atoms with Crippen molar-refractivity contribution < 1.29 is 9.59 Å². The number of ketones is 2. The number of Topliss-reactive ketones (excluding diaryl/α,β-unsaturated/α-hetero) is 2. The van der Waals surface area contributed by atoms with Gasteiger partial charge in [0.25, 0.3) is 0 Å². The Hall–Kier alpha value is -0.700. The molecule has 3 nitrogen and oxygen atoms in total. The lowest BCUT2D eigenvalue weighted by atomic mass is 9.54. The molecule has 2 heterocycles. The van der Waals surface area contributed by atoms with Gasteiger partial charge in [-0.25, -0.2) is 0 Å². The molecular weight excluding hydrogens is 238 g/mol. The molecule has 0 radical (unpaired) electrons. The summed E-state index contributed by atoms with van der Waals surface area (Å²) < 4.78 is 0. The maximum atomic E-state index is 12.9. The van der Waals surface area contributed by atoms with Crippen molar-refractivity contribution in [2.24, 2.45) is 17.3 Å². The standard InChI is InChI=1S/C16H23NO2/c1-11-8-12-10-14(19)16-5-3-7-17(16)6-2-4-15(12,16)13(18)9-11/h11-12H,2-10H2,1H3. The summed E-state index contributed by atoms with van der Waals surface area (Å²) in [5.41, 5.74) is -0.654. The number of carbonyl (C=O) groups is 2. The zero-order valence-electron chi connectivity index (χ0n) is 11.8. The summed E-state index contributed by atoms with van der Waals surface area (Å²) >= 11 is 0. The van der Waals surface area contributed by atoms with E-state index in [0.717, 1.165) is 45.2 Å². The highest BCUT2D eigenvalue weighted by Gasteiger charge is 2.72. The minimum atomic E-state index is -0.368. The summed E-state index contributed by atoms with van der Waals surface area (Å²) in [6.45, 7) is 4.24. The molecule has 4 aliphatic rings. The summed E-state index contributed by atoms with van der Waals surface area (Å²) in [6, 6.07) is 0. The molecule has 0 aromatic carbocycles. The third-order valence-electron chi connectivity index (χ3n) is 6.55. The van der Waals surface area contributed by atoms with E-state index in [1.165, 1.54) is 0 Å². The highest BCUT2D eigenvalue weighted by Crippen LogP contribution is 2.64. The first-order chi connectivity index (χ1) is 9.11. The zero-order chi connectivity index (χ0) is 13.3. The Labute approximate surface area is 114 Å². The Kier molecular flexibility index (Phi) is 2.34. The summed E-state index contributed by atoms with van der Waals surface area (Å²) in [5, 5.41) is 0. The molecule has 3 heteroatoms. The van der Waals surface area contributed by atoms with Crippen LogP contribution in [0.25, 0.3) is 0 Å². The van der Waals surface area contributed by atoms with Gasteiger partial charge in [-0.05, 0) is 57.0 Å². The Morgan fingerprint density at radius 3 is 2.58 bits per heavy atom. The van der Waals surface area contributed by atoms with Crippen molar-refractivity contribution in [1.29, 1.82) is 0 Å². The van der Waals surface area contributed by atoms with Crippen molar-refractivity contribution in [1.82, 2.24) is 4.90 Å². The fourth-order valence-corrected chi connectivity index (χ4v) is 6.06. The largest absolute Gasteiger partial charge is 0.299 e. The third-order valence-corrected chi connectivity index (χ3v) is 6.55. The molecule has 104 valence electrons. The molecule has 4 unspecified atom stereocenters. The maximum Gasteiger partial charge on any atom is 0.154 e. The van der Waals surface area contributed by atoms with E-state index in [0.29, 0.717) is 36.2 Å². The van der Waals surface area contributed by atoms with E-state index in [1.807, 2.05) is 0 Å². The lowest BCUT2D eigenvalue weighted by Gasteiger charge is -2.55. The average Bonchev–Trinajstić information content (AvgIpc) is 2.89. The van der Waals surface area contributed by atoms with E-state index in [1.54, 1.807) is 0 Å². The Morgan fingerprint density at radius 2 is 1.79 bits per heavy atom. The molecule has 0 amide bonds. The molecule has 2 aliphatic heterocycles. The molecule has 4 atom stereocenters. The molecule has 0 aromatic rings. The van der Waals surface area contributed by atoms with Crippen LogP contribution in [0.15, 0.2) is 0 Å². The van der Waals surface area contributed by atoms with Crippen LogP contribution in [-0.2, 0) is 9.59 Å². The number of hydrogen-bond acceptors (Lipinski definition) is 3. The molecule has 4 rings (SSSR count). The molecule has 19 heavy (non-hydrogen) atoms. The molecule has 4 fully saturated rings. The second-order valence-electron chi connectivity index (χ2n) is 7.32. The van der Waals surface area contributed by atoms with E-state index in [4.69, 9.17) is 0 Å². The topological polar surface area (TPSA) is 37.4 Å². The van der Waals surface area contributed by atoms with Crippen molar-refractivity contribution in [3.05, 3.63) is 0 Å². The highest BCUT2D eigenvalue weighted by molar-refractivity contribution is 6.03. The lowest BCUT2D eigenvalue weighted by Crippen LogP contribution is -2.66. The van der Waals surface area contributed by atoms with Gasteiger partial charge in [0, 0.05) is 12.8 Å². The van der Waals surface area contributed by atoms with Crippen LogP contribution in [0, 0.1) is 17.3 Å². The Balaban J connectivity index is 1.89. The second-order valence-corrected chi connectivity index (χ2v) is 7.32. The number of hydrogen-bond donors (Lipinski definition) is 0. The van der Waals surface area contributed by atoms with Crippen LogP contribution >= 0.6 is 0 Å². The number of rotatable bonds is 0. The fraction of sp³-hybridized carbons (Fsp3) is 0.875. The van der Waals surface area contributed by atoms with E-state index >= 15 is 0 Å². The summed E-state index contributed by atoms with van der Waals surface area (Å²) in [4.78, 5) is 28.2. The molecule has 0 aromatic heterocycles. The van der Waals surface area contributed by atoms with Crippen molar-refractivity contribution in [3.8, 4) is 0 Å². The predicted octanol–water partition coefficient (Wildman–Crippen LogP) is 2.19. The minimum absolute atomic E-state index is 0.286. The quantitative estimate of drug-likeness (QED) is 0.671. The number of piperidine rings is 1. The lowest BCUT2D eigenvalue weighted by molar-refractivity contribution is -0.156. The molecule has 2 aliphatic carbocycles. The second kappa shape index (κ2) is 3.69. The summed E-state index contributed by atoms with van der Waals surface area (Å²) in [7, 11) is 0. The first-order valence-corrected chi connectivity index (χ1v) is 7.93. The van der Waals surface area contributed by atoms with Gasteiger partial charge in [0.2, 0.25) is 0 Å². The normalized spacial score (nSPS) is 49.9. The SMILES string of the molecule is CC1CC(=O)C23CCCN4CCCC42C(=O)CC3C1. The van der Waals surface area contributed by atoms with Gasteiger partial charge in [0.05, 0.1) is 11.0 Å². The van der Waals surface area contributed by atoms with Crippen LogP contribution in [0.2, 0.25) is 0 Å². The summed E-state index contributed by atoms with van der Waals surface area (Å²) in [5.74, 6) is 1.64. The van der Waals surface area contributed by atoms with Crippen molar-refractivity contribution in [2.75, 3.05) is 13.1 Å². The number of carbonyl (C=O) groups excluding carboxylic acids is 2. The van der Waals surface area contributed by atoms with E-state index < -0.39 is 0 Å². The molecule has 0 N–H and O–H groups in total. The first-order valence-electron chi connectivity index (χ1n) is 7.93. The smallest absolute Gasteiger partial charge is 0.154 e. The fourth-order valence-electron chi connectivity index (χ4n) is 6.06. The predicted molar refractivity (Wildman–Crippen MR) is 71.7 cm³/mol. The van der Waals surface area contributed by atoms with Crippen molar-refractivity contribution >= 4 is 11.6 Å². The summed E-state index contributed by atoms with van der Waals surface area (Å²) in [6.07, 6.45) is 6.60. The van der Waals surface area contributed by atoms with Crippen LogP contribution in [0.3, 0.4) is 0 Å². The zero-order valence-corrected chi connectivity index (χ0v) is 11.8. The first kappa shape index (κ1) is 12.1. The highest BCUT2D eigenvalue weighted by atomic mass is 16.1. The van der Waals surface area contributed by atoms with Crippen LogP contribution in [0.1, 0.15) is 51.9 Å². The minimum Gasteiger partial charge on any atom is -0.299 e. The van der Waals surface area contributed by atoms with E-state index in [-0.39, 0.29) is 11.0 Å². The Morgan fingerprint density at radius 1 is 1.05 bits per heavy atom. The van der Waals surface area contributed by atoms with Gasteiger partial charge < -0.3 is 0 Å². The van der Waals surface area contributed by atoms with Crippen LogP contribution in [0.4, 0.5) is 0 Å². The van der Waals surface area contributed by atoms with Gasteiger partial charge in [0.15, 0.2) is 5.78 Å². The van der Waals surface area contributed by atoms with Gasteiger partial charge in [-0.3, -0.25) is 14.5 Å². The Bertz CT molecular complexity index is 460. The average molecular weight is 261 g/mol. The van der Waals surface area contributed by atoms with Gasteiger partial charge in [-0.15, -0.1) is 0 Å². The molecule has 0 bridgehead atoms. The van der Waals surface area contributed by atoms with E-state index in [2.05, 4.69) is 11.8 Å². The van der Waals surface area contributed by atoms with Gasteiger partial charge in [-0.2, -0.15) is 0 Å². The van der Waals surface area contributed by atoms with Gasteiger partial charge in [-0.1, -0.05) is 6.92 Å².